The third-order valence-corrected chi connectivity index (χ3v) is 4.39. The van der Waals surface area contributed by atoms with E-state index in [-0.39, 0.29) is 5.75 Å². The Kier molecular flexibility index (Phi) is 6.95. The van der Waals surface area contributed by atoms with Gasteiger partial charge in [-0.2, -0.15) is 11.8 Å². The smallest absolute Gasteiger partial charge is 0.408 e. The van der Waals surface area contributed by atoms with Crippen LogP contribution in [0.4, 0.5) is 4.79 Å². The normalized spacial score (nSPS) is 13.7. The number of ether oxygens (including phenoxy) is 2. The first kappa shape index (κ1) is 20.2. The minimum atomic E-state index is -1.40. The highest BCUT2D eigenvalue weighted by Gasteiger charge is 2.36. The predicted molar refractivity (Wildman–Crippen MR) is 94.6 cm³/mol. The van der Waals surface area contributed by atoms with Gasteiger partial charge in [-0.05, 0) is 45.4 Å². The van der Waals surface area contributed by atoms with Crippen molar-refractivity contribution in [3.63, 3.8) is 0 Å². The monoisotopic (exact) mass is 355 g/mol. The lowest BCUT2D eigenvalue weighted by atomic mass is 10.1. The Bertz CT molecular complexity index is 567. The van der Waals surface area contributed by atoms with Gasteiger partial charge in [0.05, 0.1) is 7.11 Å². The Morgan fingerprint density at radius 2 is 1.75 bits per heavy atom. The minimum absolute atomic E-state index is 0.216. The molecule has 0 aromatic heterocycles. The number of rotatable bonds is 7. The van der Waals surface area contributed by atoms with Crippen LogP contribution in [-0.4, -0.2) is 41.2 Å². The van der Waals surface area contributed by atoms with E-state index in [4.69, 9.17) is 9.47 Å². The molecule has 0 bridgehead atoms. The first-order chi connectivity index (χ1) is 11.1. The topological polar surface area (TPSA) is 84.9 Å². The number of benzene rings is 1. The van der Waals surface area contributed by atoms with Gasteiger partial charge in [0, 0.05) is 11.5 Å². The van der Waals surface area contributed by atoms with Crippen molar-refractivity contribution in [1.29, 1.82) is 0 Å². The van der Waals surface area contributed by atoms with Gasteiger partial charge in [0.2, 0.25) is 0 Å². The van der Waals surface area contributed by atoms with Gasteiger partial charge in [0.15, 0.2) is 0 Å². The molecule has 134 valence electrons. The van der Waals surface area contributed by atoms with E-state index < -0.39 is 23.2 Å². The Morgan fingerprint density at radius 1 is 1.17 bits per heavy atom. The second kappa shape index (κ2) is 8.28. The number of carboxylic acid groups (broad SMARTS) is 1. The molecule has 24 heavy (non-hydrogen) atoms. The summed E-state index contributed by atoms with van der Waals surface area (Å²) in [6, 6.07) is 7.55. The van der Waals surface area contributed by atoms with E-state index in [1.807, 2.05) is 24.3 Å². The van der Waals surface area contributed by atoms with Crippen LogP contribution in [0, 0.1) is 0 Å². The maximum atomic E-state index is 11.9. The summed E-state index contributed by atoms with van der Waals surface area (Å²) in [5.41, 5.74) is -1.04. The standard InChI is InChI=1S/C17H25NO5S/c1-16(2,3)23-15(21)18-17(4,14(19)20)11-24-10-12-6-8-13(22-5)9-7-12/h6-9H,10-11H2,1-5H3,(H,18,21)(H,19,20)/t17-/m1/s1. The third-order valence-electron chi connectivity index (χ3n) is 3.07. The van der Waals surface area contributed by atoms with Crippen molar-refractivity contribution in [1.82, 2.24) is 5.32 Å². The Morgan fingerprint density at radius 3 is 2.21 bits per heavy atom. The number of methoxy groups -OCH3 is 1. The van der Waals surface area contributed by atoms with E-state index in [9.17, 15) is 14.7 Å². The molecular weight excluding hydrogens is 330 g/mol. The van der Waals surface area contributed by atoms with Crippen molar-refractivity contribution in [2.45, 2.75) is 44.6 Å². The molecule has 1 amide bonds. The summed E-state index contributed by atoms with van der Waals surface area (Å²) in [7, 11) is 1.60. The van der Waals surface area contributed by atoms with Gasteiger partial charge in [-0.25, -0.2) is 9.59 Å². The molecule has 0 heterocycles. The summed E-state index contributed by atoms with van der Waals surface area (Å²) in [6.45, 7) is 6.65. The molecule has 0 saturated heterocycles. The van der Waals surface area contributed by atoms with Gasteiger partial charge in [-0.3, -0.25) is 0 Å². The van der Waals surface area contributed by atoms with Gasteiger partial charge < -0.3 is 19.9 Å². The van der Waals surface area contributed by atoms with Crippen molar-refractivity contribution in [3.05, 3.63) is 29.8 Å². The summed E-state index contributed by atoms with van der Waals surface area (Å²) < 4.78 is 10.2. The van der Waals surface area contributed by atoms with Gasteiger partial charge in [0.1, 0.15) is 16.9 Å². The maximum Gasteiger partial charge on any atom is 0.408 e. The fourth-order valence-corrected chi connectivity index (χ4v) is 2.91. The summed E-state index contributed by atoms with van der Waals surface area (Å²) in [4.78, 5) is 23.4. The predicted octanol–water partition coefficient (Wildman–Crippen LogP) is 3.30. The number of hydrogen-bond acceptors (Lipinski definition) is 5. The first-order valence-electron chi connectivity index (χ1n) is 7.51. The first-order valence-corrected chi connectivity index (χ1v) is 8.66. The van der Waals surface area contributed by atoms with Crippen molar-refractivity contribution < 1.29 is 24.2 Å². The molecule has 0 saturated carbocycles. The fourth-order valence-electron chi connectivity index (χ4n) is 1.77. The van der Waals surface area contributed by atoms with E-state index in [2.05, 4.69) is 5.32 Å². The van der Waals surface area contributed by atoms with Crippen molar-refractivity contribution in [2.24, 2.45) is 0 Å². The molecule has 1 rings (SSSR count). The molecule has 7 heteroatoms. The highest BCUT2D eigenvalue weighted by molar-refractivity contribution is 7.98. The van der Waals surface area contributed by atoms with Crippen LogP contribution in [0.2, 0.25) is 0 Å². The summed E-state index contributed by atoms with van der Waals surface area (Å²) in [6.07, 6.45) is -0.738. The van der Waals surface area contributed by atoms with Crippen LogP contribution in [0.1, 0.15) is 33.3 Å². The zero-order valence-electron chi connectivity index (χ0n) is 14.7. The third kappa shape index (κ3) is 6.70. The Labute approximate surface area is 146 Å². The lowest BCUT2D eigenvalue weighted by molar-refractivity contribution is -0.143. The molecule has 0 radical (unpaired) electrons. The SMILES string of the molecule is COc1ccc(CSC[C@@](C)(NC(=O)OC(C)(C)C)C(=O)O)cc1. The minimum Gasteiger partial charge on any atom is -0.497 e. The van der Waals surface area contributed by atoms with Gasteiger partial charge in [0.25, 0.3) is 0 Å². The van der Waals surface area contributed by atoms with Crippen LogP contribution in [0.5, 0.6) is 5.75 Å². The van der Waals surface area contributed by atoms with E-state index in [0.717, 1.165) is 11.3 Å². The molecule has 1 atom stereocenters. The highest BCUT2D eigenvalue weighted by Crippen LogP contribution is 2.21. The van der Waals surface area contributed by atoms with Crippen LogP contribution in [0.25, 0.3) is 0 Å². The molecule has 0 spiro atoms. The number of carbonyl (C=O) groups is 2. The molecule has 0 aliphatic carbocycles. The summed E-state index contributed by atoms with van der Waals surface area (Å²) in [5, 5.41) is 11.9. The van der Waals surface area contributed by atoms with E-state index in [1.54, 1.807) is 27.9 Å². The number of nitrogens with one attached hydrogen (secondary N) is 1. The number of hydrogen-bond donors (Lipinski definition) is 2. The second-order valence-electron chi connectivity index (χ2n) is 6.61. The fraction of sp³-hybridized carbons (Fsp3) is 0.529. The molecular formula is C17H25NO5S. The molecule has 6 nitrogen and oxygen atoms in total. The molecule has 2 N–H and O–H groups in total. The lowest BCUT2D eigenvalue weighted by Crippen LogP contribution is -2.55. The van der Waals surface area contributed by atoms with Crippen LogP contribution in [-0.2, 0) is 15.3 Å². The molecule has 1 aromatic carbocycles. The number of alkyl carbamates (subject to hydrolysis) is 1. The number of carboxylic acids is 1. The molecule has 0 unspecified atom stereocenters. The lowest BCUT2D eigenvalue weighted by Gasteiger charge is -2.28. The maximum absolute atomic E-state index is 11.9. The Balaban J connectivity index is 2.61. The Hall–Kier alpha value is -1.89. The second-order valence-corrected chi connectivity index (χ2v) is 7.59. The number of aliphatic carboxylic acids is 1. The van der Waals surface area contributed by atoms with E-state index in [1.165, 1.54) is 18.7 Å². The van der Waals surface area contributed by atoms with Crippen molar-refractivity contribution >= 4 is 23.8 Å². The summed E-state index contributed by atoms with van der Waals surface area (Å²) in [5.74, 6) is 0.512. The van der Waals surface area contributed by atoms with Crippen LogP contribution >= 0.6 is 11.8 Å². The molecule has 1 aromatic rings. The van der Waals surface area contributed by atoms with Crippen LogP contribution in [0.15, 0.2) is 24.3 Å². The quantitative estimate of drug-likeness (QED) is 0.781. The molecule has 0 aliphatic rings. The average molecular weight is 355 g/mol. The highest BCUT2D eigenvalue weighted by atomic mass is 32.2. The largest absolute Gasteiger partial charge is 0.497 e. The van der Waals surface area contributed by atoms with Crippen molar-refractivity contribution in [2.75, 3.05) is 12.9 Å². The zero-order chi connectivity index (χ0) is 18.4. The number of amides is 1. The molecule has 0 aliphatic heterocycles. The zero-order valence-corrected chi connectivity index (χ0v) is 15.5. The van der Waals surface area contributed by atoms with Gasteiger partial charge in [-0.15, -0.1) is 0 Å². The van der Waals surface area contributed by atoms with Crippen LogP contribution < -0.4 is 10.1 Å². The van der Waals surface area contributed by atoms with Gasteiger partial charge >= 0.3 is 12.1 Å². The van der Waals surface area contributed by atoms with Crippen LogP contribution in [0.3, 0.4) is 0 Å². The average Bonchev–Trinajstić information content (AvgIpc) is 2.45. The molecule has 0 fully saturated rings. The number of thioether (sulfide) groups is 1. The number of carbonyl (C=O) groups excluding carboxylic acids is 1. The summed E-state index contributed by atoms with van der Waals surface area (Å²) >= 11 is 1.42. The van der Waals surface area contributed by atoms with Crippen molar-refractivity contribution in [3.8, 4) is 5.75 Å². The van der Waals surface area contributed by atoms with E-state index >= 15 is 0 Å². The van der Waals surface area contributed by atoms with E-state index in [0.29, 0.717) is 5.75 Å². The van der Waals surface area contributed by atoms with Gasteiger partial charge in [-0.1, -0.05) is 12.1 Å².